The molecule has 1 atom stereocenters. The number of carbonyl (C=O) groups excluding carboxylic acids is 1. The van der Waals surface area contributed by atoms with Crippen molar-refractivity contribution in [3.63, 3.8) is 0 Å². The van der Waals surface area contributed by atoms with Gasteiger partial charge in [0.15, 0.2) is 0 Å². The Morgan fingerprint density at radius 2 is 2.05 bits per heavy atom. The Balaban J connectivity index is 3.21. The Labute approximate surface area is 129 Å². The van der Waals surface area contributed by atoms with Gasteiger partial charge in [-0.15, -0.1) is 0 Å². The number of hydrogen-bond donors (Lipinski definition) is 2. The summed E-state index contributed by atoms with van der Waals surface area (Å²) in [6.45, 7) is 3.21. The fourth-order valence-electron chi connectivity index (χ4n) is 1.60. The number of sulfonamides is 1. The van der Waals surface area contributed by atoms with E-state index in [9.17, 15) is 18.3 Å². The highest BCUT2D eigenvalue weighted by Gasteiger charge is 2.25. The van der Waals surface area contributed by atoms with Crippen molar-refractivity contribution >= 4 is 27.6 Å². The van der Waals surface area contributed by atoms with Gasteiger partial charge in [0, 0.05) is 6.04 Å². The van der Waals surface area contributed by atoms with Crippen molar-refractivity contribution in [1.29, 1.82) is 0 Å². The van der Waals surface area contributed by atoms with Crippen molar-refractivity contribution in [2.45, 2.75) is 24.8 Å². The molecular formula is C13H18ClNO5S. The number of esters is 1. The smallest absolute Gasteiger partial charge is 0.337 e. The second-order valence-electron chi connectivity index (χ2n) is 4.79. The largest absolute Gasteiger partial charge is 0.465 e. The van der Waals surface area contributed by atoms with Gasteiger partial charge >= 0.3 is 5.97 Å². The molecular weight excluding hydrogens is 318 g/mol. The van der Waals surface area contributed by atoms with E-state index >= 15 is 0 Å². The Kier molecular flexibility index (Phi) is 6.15. The van der Waals surface area contributed by atoms with Gasteiger partial charge in [-0.2, -0.15) is 0 Å². The number of methoxy groups -OCH3 is 1. The zero-order valence-electron chi connectivity index (χ0n) is 12.0. The number of rotatable bonds is 6. The van der Waals surface area contributed by atoms with Crippen LogP contribution in [0.3, 0.4) is 0 Å². The van der Waals surface area contributed by atoms with Crippen LogP contribution in [0.1, 0.15) is 24.2 Å². The second kappa shape index (κ2) is 7.22. The SMILES string of the molecule is COC(=O)c1ccc(Cl)c(S(=O)(=O)NC(CO)C(C)C)c1. The summed E-state index contributed by atoms with van der Waals surface area (Å²) in [5, 5.41) is 9.20. The Morgan fingerprint density at radius 1 is 1.43 bits per heavy atom. The number of hydrogen-bond acceptors (Lipinski definition) is 5. The molecule has 8 heteroatoms. The van der Waals surface area contributed by atoms with Gasteiger partial charge in [-0.25, -0.2) is 17.9 Å². The van der Waals surface area contributed by atoms with Crippen LogP contribution in [-0.4, -0.2) is 39.3 Å². The predicted molar refractivity (Wildman–Crippen MR) is 78.8 cm³/mol. The Morgan fingerprint density at radius 3 is 2.52 bits per heavy atom. The second-order valence-corrected chi connectivity index (χ2v) is 6.88. The van der Waals surface area contributed by atoms with Crippen LogP contribution in [0.4, 0.5) is 0 Å². The lowest BCUT2D eigenvalue weighted by Crippen LogP contribution is -2.41. The summed E-state index contributed by atoms with van der Waals surface area (Å²) < 4.78 is 31.6. The number of nitrogens with one attached hydrogen (secondary N) is 1. The fraction of sp³-hybridized carbons (Fsp3) is 0.462. The molecule has 0 spiro atoms. The normalized spacial score (nSPS) is 13.2. The van der Waals surface area contributed by atoms with Gasteiger partial charge in [-0.1, -0.05) is 25.4 Å². The van der Waals surface area contributed by atoms with Gasteiger partial charge in [-0.3, -0.25) is 0 Å². The minimum Gasteiger partial charge on any atom is -0.465 e. The first-order chi connectivity index (χ1) is 9.72. The first-order valence-corrected chi connectivity index (χ1v) is 8.10. The summed E-state index contributed by atoms with van der Waals surface area (Å²) in [6, 6.07) is 3.18. The zero-order chi connectivity index (χ0) is 16.2. The highest BCUT2D eigenvalue weighted by atomic mass is 35.5. The average Bonchev–Trinajstić information content (AvgIpc) is 2.43. The van der Waals surface area contributed by atoms with E-state index < -0.39 is 22.0 Å². The third-order valence-electron chi connectivity index (χ3n) is 2.95. The molecule has 21 heavy (non-hydrogen) atoms. The van der Waals surface area contributed by atoms with Gasteiger partial charge in [0.1, 0.15) is 4.90 Å². The molecule has 1 aromatic carbocycles. The molecule has 0 saturated heterocycles. The monoisotopic (exact) mass is 335 g/mol. The quantitative estimate of drug-likeness (QED) is 0.767. The highest BCUT2D eigenvalue weighted by molar-refractivity contribution is 7.89. The van der Waals surface area contributed by atoms with Crippen LogP contribution in [-0.2, 0) is 14.8 Å². The molecule has 0 amide bonds. The molecule has 0 bridgehead atoms. The highest BCUT2D eigenvalue weighted by Crippen LogP contribution is 2.23. The van der Waals surface area contributed by atoms with Gasteiger partial charge in [0.25, 0.3) is 0 Å². The maximum Gasteiger partial charge on any atom is 0.337 e. The molecule has 2 N–H and O–H groups in total. The third kappa shape index (κ3) is 4.41. The van der Waals surface area contributed by atoms with E-state index in [2.05, 4.69) is 9.46 Å². The summed E-state index contributed by atoms with van der Waals surface area (Å²) in [4.78, 5) is 11.2. The van der Waals surface area contributed by atoms with Crippen LogP contribution in [0.5, 0.6) is 0 Å². The number of benzene rings is 1. The van der Waals surface area contributed by atoms with E-state index in [1.165, 1.54) is 19.2 Å². The molecule has 1 aromatic rings. The molecule has 1 rings (SSSR count). The fourth-order valence-corrected chi connectivity index (χ4v) is 3.50. The first-order valence-electron chi connectivity index (χ1n) is 6.24. The summed E-state index contributed by atoms with van der Waals surface area (Å²) in [7, 11) is -2.76. The first kappa shape index (κ1) is 17.9. The average molecular weight is 336 g/mol. The topological polar surface area (TPSA) is 92.7 Å². The van der Waals surface area contributed by atoms with Crippen molar-refractivity contribution in [2.24, 2.45) is 5.92 Å². The lowest BCUT2D eigenvalue weighted by atomic mass is 10.1. The number of halogens is 1. The van der Waals surface area contributed by atoms with Gasteiger partial charge in [0.05, 0.1) is 24.3 Å². The summed E-state index contributed by atoms with van der Waals surface area (Å²) >= 11 is 5.90. The molecule has 1 unspecified atom stereocenters. The third-order valence-corrected chi connectivity index (χ3v) is 4.92. The molecule has 6 nitrogen and oxygen atoms in total. The van der Waals surface area contributed by atoms with Crippen molar-refractivity contribution in [3.8, 4) is 0 Å². The molecule has 0 radical (unpaired) electrons. The van der Waals surface area contributed by atoms with E-state index in [1.807, 2.05) is 0 Å². The lowest BCUT2D eigenvalue weighted by molar-refractivity contribution is 0.0600. The molecule has 118 valence electrons. The molecule has 0 aliphatic rings. The van der Waals surface area contributed by atoms with Crippen molar-refractivity contribution in [1.82, 2.24) is 4.72 Å². The van der Waals surface area contributed by atoms with E-state index in [4.69, 9.17) is 11.6 Å². The number of carbonyl (C=O) groups is 1. The standard InChI is InChI=1S/C13H18ClNO5S/c1-8(2)11(7-16)15-21(18,19)12-6-9(13(17)20-3)4-5-10(12)14/h4-6,8,11,15-16H,7H2,1-3H3. The molecule has 0 aliphatic carbocycles. The predicted octanol–water partition coefficient (Wildman–Crippen LogP) is 1.42. The maximum atomic E-state index is 12.3. The molecule has 0 heterocycles. The Bertz CT molecular complexity index is 615. The zero-order valence-corrected chi connectivity index (χ0v) is 13.5. The van der Waals surface area contributed by atoms with Crippen LogP contribution in [0, 0.1) is 5.92 Å². The lowest BCUT2D eigenvalue weighted by Gasteiger charge is -2.20. The number of ether oxygens (including phenoxy) is 1. The van der Waals surface area contributed by atoms with Crippen molar-refractivity contribution < 1.29 is 23.1 Å². The summed E-state index contributed by atoms with van der Waals surface area (Å²) in [6.07, 6.45) is 0. The molecule has 0 saturated carbocycles. The van der Waals surface area contributed by atoms with Crippen LogP contribution < -0.4 is 4.72 Å². The summed E-state index contributed by atoms with van der Waals surface area (Å²) in [5.74, 6) is -0.766. The van der Waals surface area contributed by atoms with Crippen LogP contribution in [0.15, 0.2) is 23.1 Å². The van der Waals surface area contributed by atoms with Crippen molar-refractivity contribution in [2.75, 3.05) is 13.7 Å². The van der Waals surface area contributed by atoms with E-state index in [0.29, 0.717) is 0 Å². The summed E-state index contributed by atoms with van der Waals surface area (Å²) in [5.41, 5.74) is 0.0763. The molecule has 0 aromatic heterocycles. The van der Waals surface area contributed by atoms with Crippen LogP contribution in [0.2, 0.25) is 5.02 Å². The van der Waals surface area contributed by atoms with Gasteiger partial charge in [-0.05, 0) is 24.1 Å². The van der Waals surface area contributed by atoms with E-state index in [-0.39, 0.29) is 28.0 Å². The Hall–Kier alpha value is -1.15. The molecule has 0 fully saturated rings. The number of aliphatic hydroxyl groups is 1. The minimum atomic E-state index is -3.96. The van der Waals surface area contributed by atoms with E-state index in [0.717, 1.165) is 6.07 Å². The minimum absolute atomic E-state index is 0.0180. The van der Waals surface area contributed by atoms with Crippen LogP contribution >= 0.6 is 11.6 Å². The maximum absolute atomic E-state index is 12.3. The molecule has 0 aliphatic heterocycles. The van der Waals surface area contributed by atoms with Gasteiger partial charge in [0.2, 0.25) is 10.0 Å². The van der Waals surface area contributed by atoms with Crippen molar-refractivity contribution in [3.05, 3.63) is 28.8 Å². The van der Waals surface area contributed by atoms with E-state index in [1.54, 1.807) is 13.8 Å². The van der Waals surface area contributed by atoms with Crippen LogP contribution in [0.25, 0.3) is 0 Å². The van der Waals surface area contributed by atoms with Gasteiger partial charge < -0.3 is 9.84 Å². The number of aliphatic hydroxyl groups excluding tert-OH is 1.